The van der Waals surface area contributed by atoms with Gasteiger partial charge in [0.05, 0.1) is 12.6 Å². The molecule has 0 saturated carbocycles. The Balaban J connectivity index is 1.44. The van der Waals surface area contributed by atoms with Crippen molar-refractivity contribution in [2.75, 3.05) is 13.1 Å². The van der Waals surface area contributed by atoms with Crippen LogP contribution in [0.25, 0.3) is 11.0 Å². The summed E-state index contributed by atoms with van der Waals surface area (Å²) in [5.74, 6) is -1.43. The number of carbonyl (C=O) groups is 3. The van der Waals surface area contributed by atoms with E-state index in [0.29, 0.717) is 23.2 Å². The SMILES string of the molecule is CC(C)CC(NC(=O)c1cc2ccccc2o1)C(=O)N[C@H]1CCCN(S(=O)(=O)c2ccc[n+]([O-])c2)CC1=O. The van der Waals surface area contributed by atoms with Gasteiger partial charge >= 0.3 is 0 Å². The van der Waals surface area contributed by atoms with Crippen molar-refractivity contribution in [1.82, 2.24) is 14.9 Å². The number of furan rings is 1. The van der Waals surface area contributed by atoms with E-state index in [9.17, 15) is 28.0 Å². The van der Waals surface area contributed by atoms with Gasteiger partial charge < -0.3 is 20.3 Å². The van der Waals surface area contributed by atoms with Crippen molar-refractivity contribution in [3.63, 3.8) is 0 Å². The average molecular weight is 543 g/mol. The average Bonchev–Trinajstić information content (AvgIpc) is 3.22. The van der Waals surface area contributed by atoms with E-state index in [1.54, 1.807) is 18.2 Å². The monoisotopic (exact) mass is 542 g/mol. The summed E-state index contributed by atoms with van der Waals surface area (Å²) in [6.07, 6.45) is 2.98. The maximum absolute atomic E-state index is 13.2. The number of para-hydroxylation sites is 1. The van der Waals surface area contributed by atoms with Gasteiger partial charge in [-0.25, -0.2) is 8.42 Å². The number of rotatable bonds is 8. The number of Topliss-reactive ketones (excluding diaryl/α,β-unsaturated/α-hetero) is 1. The van der Waals surface area contributed by atoms with Crippen LogP contribution in [0.1, 0.15) is 43.7 Å². The molecular weight excluding hydrogens is 512 g/mol. The van der Waals surface area contributed by atoms with E-state index >= 15 is 0 Å². The van der Waals surface area contributed by atoms with Gasteiger partial charge in [-0.15, -0.1) is 0 Å². The molecule has 3 aromatic rings. The number of pyridine rings is 1. The maximum Gasteiger partial charge on any atom is 0.287 e. The molecule has 2 amide bonds. The van der Waals surface area contributed by atoms with E-state index in [0.717, 1.165) is 15.9 Å². The molecule has 0 spiro atoms. The summed E-state index contributed by atoms with van der Waals surface area (Å²) in [4.78, 5) is 38.9. The zero-order chi connectivity index (χ0) is 27.4. The normalized spacial score (nSPS) is 17.8. The molecule has 1 aliphatic heterocycles. The number of nitrogens with one attached hydrogen (secondary N) is 2. The Morgan fingerprint density at radius 3 is 2.68 bits per heavy atom. The molecule has 4 rings (SSSR count). The number of hydrogen-bond donors (Lipinski definition) is 2. The molecule has 2 atom stereocenters. The van der Waals surface area contributed by atoms with Gasteiger partial charge in [0, 0.05) is 18.0 Å². The highest BCUT2D eigenvalue weighted by atomic mass is 32.2. The van der Waals surface area contributed by atoms with Crippen molar-refractivity contribution in [3.8, 4) is 0 Å². The summed E-state index contributed by atoms with van der Waals surface area (Å²) in [6, 6.07) is 9.52. The molecule has 1 aliphatic rings. The Morgan fingerprint density at radius 1 is 1.21 bits per heavy atom. The van der Waals surface area contributed by atoms with Crippen molar-refractivity contribution in [2.45, 2.75) is 50.1 Å². The van der Waals surface area contributed by atoms with Crippen molar-refractivity contribution in [3.05, 3.63) is 65.8 Å². The topological polar surface area (TPSA) is 153 Å². The summed E-state index contributed by atoms with van der Waals surface area (Å²) in [7, 11) is -4.07. The first kappa shape index (κ1) is 27.3. The van der Waals surface area contributed by atoms with E-state index in [1.165, 1.54) is 18.3 Å². The molecule has 1 fully saturated rings. The number of benzene rings is 1. The number of hydrogen-bond acceptors (Lipinski definition) is 7. The Bertz CT molecular complexity index is 1420. The van der Waals surface area contributed by atoms with Gasteiger partial charge in [-0.3, -0.25) is 14.4 Å². The Hall–Kier alpha value is -3.77. The quantitative estimate of drug-likeness (QED) is 0.325. The summed E-state index contributed by atoms with van der Waals surface area (Å²) in [6.45, 7) is 3.43. The molecule has 12 heteroatoms. The van der Waals surface area contributed by atoms with Crippen LogP contribution >= 0.6 is 0 Å². The van der Waals surface area contributed by atoms with Gasteiger partial charge in [0.1, 0.15) is 16.5 Å². The van der Waals surface area contributed by atoms with Crippen LogP contribution in [0.3, 0.4) is 0 Å². The lowest BCUT2D eigenvalue weighted by Crippen LogP contribution is -2.52. The number of carbonyl (C=O) groups excluding carboxylic acids is 3. The van der Waals surface area contributed by atoms with Crippen LogP contribution in [-0.2, 0) is 19.6 Å². The lowest BCUT2D eigenvalue weighted by molar-refractivity contribution is -0.607. The molecular formula is C26H30N4O7S. The van der Waals surface area contributed by atoms with E-state index in [2.05, 4.69) is 10.6 Å². The summed E-state index contributed by atoms with van der Waals surface area (Å²) in [5, 5.41) is 17.7. The number of ketones is 1. The number of aromatic nitrogens is 1. The second-order valence-corrected chi connectivity index (χ2v) is 11.6. The minimum Gasteiger partial charge on any atom is -0.619 e. The lowest BCUT2D eigenvalue weighted by atomic mass is 10.0. The predicted octanol–water partition coefficient (Wildman–Crippen LogP) is 1.75. The van der Waals surface area contributed by atoms with E-state index in [1.807, 2.05) is 26.0 Å². The van der Waals surface area contributed by atoms with Crippen LogP contribution < -0.4 is 15.4 Å². The number of fused-ring (bicyclic) bond motifs is 1. The first-order chi connectivity index (χ1) is 18.0. The zero-order valence-electron chi connectivity index (χ0n) is 21.1. The van der Waals surface area contributed by atoms with Crippen LogP contribution in [0.2, 0.25) is 0 Å². The van der Waals surface area contributed by atoms with Gasteiger partial charge in [0.25, 0.3) is 5.91 Å². The number of nitrogens with zero attached hydrogens (tertiary/aromatic N) is 2. The third kappa shape index (κ3) is 6.20. The number of sulfonamides is 1. The minimum absolute atomic E-state index is 0.0573. The fraction of sp³-hybridized carbons (Fsp3) is 0.385. The predicted molar refractivity (Wildman–Crippen MR) is 137 cm³/mol. The van der Waals surface area contributed by atoms with E-state index in [4.69, 9.17) is 4.42 Å². The second kappa shape index (κ2) is 11.3. The maximum atomic E-state index is 13.2. The first-order valence-electron chi connectivity index (χ1n) is 12.4. The van der Waals surface area contributed by atoms with Gasteiger partial charge in [0.15, 0.2) is 23.9 Å². The highest BCUT2D eigenvalue weighted by Gasteiger charge is 2.35. The van der Waals surface area contributed by atoms with Gasteiger partial charge in [-0.2, -0.15) is 9.04 Å². The van der Waals surface area contributed by atoms with Crippen molar-refractivity contribution >= 4 is 38.6 Å². The second-order valence-electron chi connectivity index (χ2n) is 9.71. The fourth-order valence-corrected chi connectivity index (χ4v) is 5.84. The summed E-state index contributed by atoms with van der Waals surface area (Å²) < 4.78 is 33.0. The molecule has 0 radical (unpaired) electrons. The summed E-state index contributed by atoms with van der Waals surface area (Å²) >= 11 is 0. The van der Waals surface area contributed by atoms with E-state index < -0.39 is 46.2 Å². The van der Waals surface area contributed by atoms with Gasteiger partial charge in [0.2, 0.25) is 15.9 Å². The number of amides is 2. The van der Waals surface area contributed by atoms with Crippen LogP contribution in [0, 0.1) is 11.1 Å². The standard InChI is InChI=1S/C26H30N4O7S/c1-17(2)13-21(28-26(33)24-14-18-7-3-4-10-23(18)37-24)25(32)27-20-9-6-12-30(16-22(20)31)38(35,36)19-8-5-11-29(34)15-19/h3-5,7-8,10-11,14-15,17,20-21H,6,9,12-13,16H2,1-2H3,(H,27,32)(H,28,33)/t20-,21?/m0/s1. The Morgan fingerprint density at radius 2 is 1.97 bits per heavy atom. The molecule has 1 saturated heterocycles. The van der Waals surface area contributed by atoms with Crippen molar-refractivity contribution in [2.24, 2.45) is 5.92 Å². The van der Waals surface area contributed by atoms with Gasteiger partial charge in [-0.1, -0.05) is 32.0 Å². The highest BCUT2D eigenvalue weighted by Crippen LogP contribution is 2.20. The molecule has 2 N–H and O–H groups in total. The molecule has 38 heavy (non-hydrogen) atoms. The first-order valence-corrected chi connectivity index (χ1v) is 13.8. The van der Waals surface area contributed by atoms with Gasteiger partial charge in [-0.05, 0) is 43.4 Å². The zero-order valence-corrected chi connectivity index (χ0v) is 21.9. The third-order valence-electron chi connectivity index (χ3n) is 6.30. The molecule has 0 bridgehead atoms. The van der Waals surface area contributed by atoms with Crippen molar-refractivity contribution < 1.29 is 31.9 Å². The molecule has 202 valence electrons. The molecule has 3 heterocycles. The van der Waals surface area contributed by atoms with Crippen LogP contribution in [0.5, 0.6) is 0 Å². The molecule has 11 nitrogen and oxygen atoms in total. The Kier molecular flexibility index (Phi) is 8.12. The van der Waals surface area contributed by atoms with Crippen LogP contribution in [-0.4, -0.2) is 55.5 Å². The molecule has 1 aromatic carbocycles. The molecule has 0 aliphatic carbocycles. The summed E-state index contributed by atoms with van der Waals surface area (Å²) in [5.41, 5.74) is 0.548. The largest absolute Gasteiger partial charge is 0.619 e. The van der Waals surface area contributed by atoms with Crippen LogP contribution in [0.4, 0.5) is 0 Å². The van der Waals surface area contributed by atoms with E-state index in [-0.39, 0.29) is 29.5 Å². The Labute approximate surface area is 220 Å². The van der Waals surface area contributed by atoms with Crippen molar-refractivity contribution in [1.29, 1.82) is 0 Å². The molecule has 1 unspecified atom stereocenters. The van der Waals surface area contributed by atoms with Crippen LogP contribution in [0.15, 0.2) is 64.2 Å². The third-order valence-corrected chi connectivity index (χ3v) is 8.13. The smallest absolute Gasteiger partial charge is 0.287 e. The highest BCUT2D eigenvalue weighted by molar-refractivity contribution is 7.89. The minimum atomic E-state index is -4.07. The fourth-order valence-electron chi connectivity index (χ4n) is 4.39. The lowest BCUT2D eigenvalue weighted by Gasteiger charge is -2.23. The molecule has 2 aromatic heterocycles.